The molecule has 0 unspecified atom stereocenters. The third kappa shape index (κ3) is 3.35. The molecule has 0 saturated heterocycles. The first kappa shape index (κ1) is 12.7. The smallest absolute Gasteiger partial charge is 0.140 e. The predicted molar refractivity (Wildman–Crippen MR) is 72.2 cm³/mol. The van der Waals surface area contributed by atoms with Gasteiger partial charge in [-0.05, 0) is 24.6 Å². The maximum absolute atomic E-state index is 6.07. The second-order valence-electron chi connectivity index (χ2n) is 3.59. The molecule has 17 heavy (non-hydrogen) atoms. The minimum absolute atomic E-state index is 0.421. The van der Waals surface area contributed by atoms with E-state index in [0.717, 1.165) is 16.3 Å². The van der Waals surface area contributed by atoms with Crippen LogP contribution in [0.4, 0.5) is 0 Å². The SMILES string of the molecule is Cc1ccc(OCc2nc(CCl)cs2)c(Cl)c1. The number of halogens is 2. The van der Waals surface area contributed by atoms with Gasteiger partial charge in [0.25, 0.3) is 0 Å². The van der Waals surface area contributed by atoms with Crippen LogP contribution in [0, 0.1) is 6.92 Å². The van der Waals surface area contributed by atoms with E-state index in [1.165, 1.54) is 11.3 Å². The molecule has 1 aromatic carbocycles. The van der Waals surface area contributed by atoms with Crippen molar-refractivity contribution in [2.24, 2.45) is 0 Å². The van der Waals surface area contributed by atoms with Gasteiger partial charge in [0.1, 0.15) is 17.4 Å². The Balaban J connectivity index is 2.02. The van der Waals surface area contributed by atoms with Crippen LogP contribution in [0.3, 0.4) is 0 Å². The van der Waals surface area contributed by atoms with Crippen LogP contribution < -0.4 is 4.74 Å². The van der Waals surface area contributed by atoms with E-state index in [4.69, 9.17) is 27.9 Å². The molecule has 5 heteroatoms. The van der Waals surface area contributed by atoms with Crippen molar-refractivity contribution >= 4 is 34.5 Å². The number of nitrogens with zero attached hydrogens (tertiary/aromatic N) is 1. The summed E-state index contributed by atoms with van der Waals surface area (Å²) in [6.45, 7) is 2.41. The molecule has 0 aliphatic heterocycles. The van der Waals surface area contributed by atoms with E-state index >= 15 is 0 Å². The number of ether oxygens (including phenoxy) is 1. The van der Waals surface area contributed by atoms with E-state index in [2.05, 4.69) is 4.98 Å². The molecule has 0 aliphatic rings. The summed E-state index contributed by atoms with van der Waals surface area (Å²) in [5, 5.41) is 3.46. The van der Waals surface area contributed by atoms with Gasteiger partial charge in [-0.15, -0.1) is 22.9 Å². The number of aromatic nitrogens is 1. The number of hydrogen-bond acceptors (Lipinski definition) is 3. The summed E-state index contributed by atoms with van der Waals surface area (Å²) in [5.41, 5.74) is 1.99. The van der Waals surface area contributed by atoms with Gasteiger partial charge in [0.15, 0.2) is 0 Å². The van der Waals surface area contributed by atoms with Gasteiger partial charge >= 0.3 is 0 Å². The summed E-state index contributed by atoms with van der Waals surface area (Å²) < 4.78 is 5.61. The van der Waals surface area contributed by atoms with Crippen LogP contribution in [-0.4, -0.2) is 4.98 Å². The zero-order valence-corrected chi connectivity index (χ0v) is 11.6. The number of alkyl halides is 1. The standard InChI is InChI=1S/C12H11Cl2NOS/c1-8-2-3-11(10(14)4-8)16-6-12-15-9(5-13)7-17-12/h2-4,7H,5-6H2,1H3. The maximum atomic E-state index is 6.07. The van der Waals surface area contributed by atoms with Gasteiger partial charge in [-0.3, -0.25) is 0 Å². The molecule has 2 rings (SSSR count). The molecule has 0 saturated carbocycles. The quantitative estimate of drug-likeness (QED) is 0.777. The molecule has 0 amide bonds. The maximum Gasteiger partial charge on any atom is 0.140 e. The van der Waals surface area contributed by atoms with Gasteiger partial charge in [-0.2, -0.15) is 0 Å². The molecule has 0 N–H and O–H groups in total. The van der Waals surface area contributed by atoms with E-state index in [1.54, 1.807) is 0 Å². The van der Waals surface area contributed by atoms with Crippen LogP contribution in [0.5, 0.6) is 5.75 Å². The third-order valence-electron chi connectivity index (χ3n) is 2.17. The van der Waals surface area contributed by atoms with Crippen molar-refractivity contribution in [1.29, 1.82) is 0 Å². The number of thiazole rings is 1. The summed E-state index contributed by atoms with van der Waals surface area (Å²) in [5.74, 6) is 1.11. The fourth-order valence-corrected chi connectivity index (χ4v) is 2.56. The molecule has 2 aromatic rings. The average Bonchev–Trinajstić information content (AvgIpc) is 2.76. The van der Waals surface area contributed by atoms with E-state index in [1.807, 2.05) is 30.5 Å². The van der Waals surface area contributed by atoms with Crippen molar-refractivity contribution in [3.05, 3.63) is 44.9 Å². The lowest BCUT2D eigenvalue weighted by molar-refractivity contribution is 0.305. The summed E-state index contributed by atoms with van der Waals surface area (Å²) in [6.07, 6.45) is 0. The molecule has 0 atom stereocenters. The Labute approximate surface area is 114 Å². The van der Waals surface area contributed by atoms with Crippen LogP contribution in [0.1, 0.15) is 16.3 Å². The number of benzene rings is 1. The normalized spacial score (nSPS) is 10.5. The number of hydrogen-bond donors (Lipinski definition) is 0. The van der Waals surface area contributed by atoms with Crippen molar-refractivity contribution in [2.45, 2.75) is 19.4 Å². The molecule has 2 nitrogen and oxygen atoms in total. The van der Waals surface area contributed by atoms with Gasteiger partial charge in [0.2, 0.25) is 0 Å². The van der Waals surface area contributed by atoms with Crippen molar-refractivity contribution in [2.75, 3.05) is 0 Å². The Kier molecular flexibility index (Phi) is 4.26. The minimum atomic E-state index is 0.421. The Morgan fingerprint density at radius 2 is 2.24 bits per heavy atom. The minimum Gasteiger partial charge on any atom is -0.485 e. The number of aryl methyl sites for hydroxylation is 1. The highest BCUT2D eigenvalue weighted by molar-refractivity contribution is 7.09. The Bertz CT molecular complexity index is 513. The Hall–Kier alpha value is -0.770. The molecule has 0 bridgehead atoms. The lowest BCUT2D eigenvalue weighted by Crippen LogP contribution is -1.96. The van der Waals surface area contributed by atoms with Gasteiger partial charge < -0.3 is 4.74 Å². The summed E-state index contributed by atoms with van der Waals surface area (Å²) in [7, 11) is 0. The van der Waals surface area contributed by atoms with Crippen molar-refractivity contribution in [1.82, 2.24) is 4.98 Å². The molecule has 0 spiro atoms. The van der Waals surface area contributed by atoms with E-state index in [-0.39, 0.29) is 0 Å². The first-order valence-electron chi connectivity index (χ1n) is 5.07. The molecule has 0 radical (unpaired) electrons. The van der Waals surface area contributed by atoms with Crippen molar-refractivity contribution in [3.8, 4) is 5.75 Å². The zero-order chi connectivity index (χ0) is 12.3. The zero-order valence-electron chi connectivity index (χ0n) is 9.24. The monoisotopic (exact) mass is 287 g/mol. The van der Waals surface area contributed by atoms with Crippen LogP contribution in [-0.2, 0) is 12.5 Å². The highest BCUT2D eigenvalue weighted by atomic mass is 35.5. The van der Waals surface area contributed by atoms with Gasteiger partial charge in [0, 0.05) is 5.38 Å². The Morgan fingerprint density at radius 1 is 1.41 bits per heavy atom. The van der Waals surface area contributed by atoms with E-state index < -0.39 is 0 Å². The van der Waals surface area contributed by atoms with Crippen LogP contribution >= 0.6 is 34.5 Å². The highest BCUT2D eigenvalue weighted by Gasteiger charge is 2.05. The third-order valence-corrected chi connectivity index (χ3v) is 3.62. The molecular weight excluding hydrogens is 277 g/mol. The molecule has 90 valence electrons. The average molecular weight is 288 g/mol. The second kappa shape index (κ2) is 5.71. The molecule has 0 aliphatic carbocycles. The van der Waals surface area contributed by atoms with Crippen LogP contribution in [0.15, 0.2) is 23.6 Å². The molecule has 1 heterocycles. The summed E-state index contributed by atoms with van der Waals surface area (Å²) >= 11 is 13.3. The first-order chi connectivity index (χ1) is 8.19. The molecular formula is C12H11Cl2NOS. The van der Waals surface area contributed by atoms with E-state index in [9.17, 15) is 0 Å². The summed E-state index contributed by atoms with van der Waals surface area (Å²) in [4.78, 5) is 4.31. The summed E-state index contributed by atoms with van der Waals surface area (Å²) in [6, 6.07) is 5.71. The van der Waals surface area contributed by atoms with Gasteiger partial charge in [-0.25, -0.2) is 4.98 Å². The first-order valence-corrected chi connectivity index (χ1v) is 6.86. The van der Waals surface area contributed by atoms with Crippen molar-refractivity contribution < 1.29 is 4.74 Å². The van der Waals surface area contributed by atoms with Gasteiger partial charge in [0.05, 0.1) is 16.6 Å². The predicted octanol–water partition coefficient (Wildman–Crippen LogP) is 4.42. The lowest BCUT2D eigenvalue weighted by Gasteiger charge is -2.06. The molecule has 0 fully saturated rings. The van der Waals surface area contributed by atoms with Crippen LogP contribution in [0.25, 0.3) is 0 Å². The fourth-order valence-electron chi connectivity index (χ4n) is 1.34. The molecule has 1 aromatic heterocycles. The fraction of sp³-hybridized carbons (Fsp3) is 0.250. The van der Waals surface area contributed by atoms with Crippen molar-refractivity contribution in [3.63, 3.8) is 0 Å². The van der Waals surface area contributed by atoms with E-state index in [0.29, 0.717) is 23.3 Å². The lowest BCUT2D eigenvalue weighted by atomic mass is 10.2. The highest BCUT2D eigenvalue weighted by Crippen LogP contribution is 2.26. The largest absolute Gasteiger partial charge is 0.485 e. The van der Waals surface area contributed by atoms with Gasteiger partial charge in [-0.1, -0.05) is 17.7 Å². The number of rotatable bonds is 4. The van der Waals surface area contributed by atoms with Crippen LogP contribution in [0.2, 0.25) is 5.02 Å². The topological polar surface area (TPSA) is 22.1 Å². The Morgan fingerprint density at radius 3 is 2.88 bits per heavy atom. The second-order valence-corrected chi connectivity index (χ2v) is 5.21.